The molecule has 5 atom stereocenters. The number of aliphatic hydroxyl groups excluding tert-OH is 3. The van der Waals surface area contributed by atoms with Gasteiger partial charge in [0.15, 0.2) is 5.17 Å². The van der Waals surface area contributed by atoms with Crippen LogP contribution in [0.2, 0.25) is 0 Å². The molecule has 0 aromatic rings. The van der Waals surface area contributed by atoms with Crippen LogP contribution in [0.1, 0.15) is 19.8 Å². The molecule has 2 aliphatic heterocycles. The second-order valence-electron chi connectivity index (χ2n) is 5.15. The number of unbranched alkanes of at least 4 members (excludes halogenated alkanes) is 1. The van der Waals surface area contributed by atoms with E-state index in [9.17, 15) is 10.2 Å². The largest absolute Gasteiger partial charge is 0.394 e. The molecule has 0 aromatic heterocycles. The fourth-order valence-corrected chi connectivity index (χ4v) is 3.43. The van der Waals surface area contributed by atoms with Gasteiger partial charge in [0.25, 0.3) is 0 Å². The van der Waals surface area contributed by atoms with Crippen molar-refractivity contribution in [2.45, 2.75) is 49.6 Å². The van der Waals surface area contributed by atoms with Crippen LogP contribution in [0.5, 0.6) is 0 Å². The zero-order valence-electron chi connectivity index (χ0n) is 12.1. The van der Waals surface area contributed by atoms with Crippen LogP contribution < -0.4 is 5.32 Å². The molecule has 2 fully saturated rings. The number of thioether (sulfide) groups is 1. The summed E-state index contributed by atoms with van der Waals surface area (Å²) in [5.74, 6) is 0. The van der Waals surface area contributed by atoms with Gasteiger partial charge in [-0.25, -0.2) is 0 Å². The van der Waals surface area contributed by atoms with E-state index in [1.54, 1.807) is 0 Å². The van der Waals surface area contributed by atoms with E-state index < -0.39 is 24.4 Å². The highest BCUT2D eigenvalue weighted by Crippen LogP contribution is 2.33. The van der Waals surface area contributed by atoms with Crippen molar-refractivity contribution in [1.82, 2.24) is 5.32 Å². The van der Waals surface area contributed by atoms with Crippen LogP contribution in [0.4, 0.5) is 0 Å². The normalized spacial score (nSPS) is 37.5. The molecule has 2 rings (SSSR count). The molecule has 21 heavy (non-hydrogen) atoms. The number of aliphatic hydroxyl groups is 3. The van der Waals surface area contributed by atoms with Crippen LogP contribution >= 0.6 is 11.8 Å². The molecule has 122 valence electrons. The Balaban J connectivity index is 1.79. The minimum Gasteiger partial charge on any atom is -0.394 e. The van der Waals surface area contributed by atoms with Gasteiger partial charge < -0.3 is 30.1 Å². The quantitative estimate of drug-likeness (QED) is 0.460. The Kier molecular flexibility index (Phi) is 6.72. The van der Waals surface area contributed by atoms with Crippen LogP contribution in [0.15, 0.2) is 4.99 Å². The van der Waals surface area contributed by atoms with Crippen LogP contribution in [0, 0.1) is 0 Å². The fourth-order valence-electron chi connectivity index (χ4n) is 2.27. The van der Waals surface area contributed by atoms with Gasteiger partial charge in [0.1, 0.15) is 23.7 Å². The molecule has 2 heterocycles. The highest BCUT2D eigenvalue weighted by molar-refractivity contribution is 8.14. The van der Waals surface area contributed by atoms with Gasteiger partial charge in [-0.05, 0) is 6.42 Å². The molecule has 0 amide bonds. The number of hydrogen-bond donors (Lipinski definition) is 4. The van der Waals surface area contributed by atoms with Crippen molar-refractivity contribution in [3.63, 3.8) is 0 Å². The van der Waals surface area contributed by atoms with Crippen LogP contribution in [-0.4, -0.2) is 76.6 Å². The van der Waals surface area contributed by atoms with Gasteiger partial charge in [0.2, 0.25) is 0 Å². The summed E-state index contributed by atoms with van der Waals surface area (Å²) < 4.78 is 11.0. The Morgan fingerprint density at radius 1 is 1.33 bits per heavy atom. The Morgan fingerprint density at radius 3 is 2.86 bits per heavy atom. The zero-order chi connectivity index (χ0) is 15.2. The van der Waals surface area contributed by atoms with Crippen molar-refractivity contribution in [3.05, 3.63) is 0 Å². The number of amidine groups is 1. The average molecular weight is 320 g/mol. The third kappa shape index (κ3) is 4.30. The predicted molar refractivity (Wildman–Crippen MR) is 80.3 cm³/mol. The fraction of sp³-hybridized carbons (Fsp3) is 0.923. The Morgan fingerprint density at radius 2 is 2.14 bits per heavy atom. The molecule has 0 saturated carbocycles. The topological polar surface area (TPSA) is 104 Å². The number of ether oxygens (including phenoxy) is 2. The number of nitrogens with one attached hydrogen (secondary N) is 1. The molecule has 0 bridgehead atoms. The second kappa shape index (κ2) is 8.30. The van der Waals surface area contributed by atoms with Gasteiger partial charge in [0, 0.05) is 6.61 Å². The molecule has 0 aliphatic carbocycles. The lowest BCUT2D eigenvalue weighted by atomic mass is 9.98. The smallest absolute Gasteiger partial charge is 0.159 e. The molecule has 2 saturated heterocycles. The second-order valence-corrected chi connectivity index (χ2v) is 6.23. The van der Waals surface area contributed by atoms with Gasteiger partial charge >= 0.3 is 0 Å². The van der Waals surface area contributed by atoms with Gasteiger partial charge in [-0.15, -0.1) is 0 Å². The Bertz CT molecular complexity index is 357. The van der Waals surface area contributed by atoms with Crippen molar-refractivity contribution < 1.29 is 24.8 Å². The lowest BCUT2D eigenvalue weighted by Crippen LogP contribution is -2.59. The summed E-state index contributed by atoms with van der Waals surface area (Å²) in [4.78, 5) is 4.36. The first-order valence-corrected chi connectivity index (χ1v) is 8.23. The SMILES string of the molecule is CCCCOCCN=C1N[C@@H]2[C@@H](O)[C@H](O)[C@@H](CO)O[C@@H]2S1. The van der Waals surface area contributed by atoms with E-state index in [1.165, 1.54) is 11.8 Å². The summed E-state index contributed by atoms with van der Waals surface area (Å²) in [6.45, 7) is 3.65. The van der Waals surface area contributed by atoms with Gasteiger partial charge in [-0.2, -0.15) is 0 Å². The van der Waals surface area contributed by atoms with Crippen molar-refractivity contribution >= 4 is 16.9 Å². The molecule has 0 unspecified atom stereocenters. The summed E-state index contributed by atoms with van der Waals surface area (Å²) >= 11 is 1.37. The van der Waals surface area contributed by atoms with Crippen molar-refractivity contribution in [3.8, 4) is 0 Å². The van der Waals surface area contributed by atoms with Crippen molar-refractivity contribution in [2.24, 2.45) is 4.99 Å². The minimum absolute atomic E-state index is 0.320. The molecular formula is C13H24N2O5S. The van der Waals surface area contributed by atoms with Crippen molar-refractivity contribution in [2.75, 3.05) is 26.4 Å². The predicted octanol–water partition coefficient (Wildman–Crippen LogP) is -0.697. The van der Waals surface area contributed by atoms with Gasteiger partial charge in [-0.1, -0.05) is 25.1 Å². The first-order chi connectivity index (χ1) is 10.2. The van der Waals surface area contributed by atoms with E-state index >= 15 is 0 Å². The first kappa shape index (κ1) is 17.0. The molecule has 2 aliphatic rings. The number of aliphatic imine (C=N–C) groups is 1. The number of nitrogens with zero attached hydrogens (tertiary/aromatic N) is 1. The van der Waals surface area contributed by atoms with Gasteiger partial charge in [0.05, 0.1) is 25.8 Å². The summed E-state index contributed by atoms with van der Waals surface area (Å²) in [5.41, 5.74) is -0.347. The summed E-state index contributed by atoms with van der Waals surface area (Å²) in [6.07, 6.45) is -0.678. The van der Waals surface area contributed by atoms with Crippen LogP contribution in [-0.2, 0) is 9.47 Å². The lowest BCUT2D eigenvalue weighted by molar-refractivity contribution is -0.167. The maximum atomic E-state index is 10.0. The zero-order valence-corrected chi connectivity index (χ0v) is 13.0. The first-order valence-electron chi connectivity index (χ1n) is 7.35. The maximum absolute atomic E-state index is 10.0. The monoisotopic (exact) mass is 320 g/mol. The highest BCUT2D eigenvalue weighted by atomic mass is 32.2. The minimum atomic E-state index is -1.10. The van der Waals surface area contributed by atoms with Crippen LogP contribution in [0.25, 0.3) is 0 Å². The molecule has 4 N–H and O–H groups in total. The Hall–Kier alpha value is -0.380. The molecular weight excluding hydrogens is 296 g/mol. The van der Waals surface area contributed by atoms with E-state index in [-0.39, 0.29) is 12.0 Å². The third-order valence-electron chi connectivity index (χ3n) is 3.53. The lowest BCUT2D eigenvalue weighted by Gasteiger charge is -2.38. The number of fused-ring (bicyclic) bond motifs is 1. The van der Waals surface area contributed by atoms with E-state index in [4.69, 9.17) is 14.6 Å². The Labute approximate surface area is 128 Å². The van der Waals surface area contributed by atoms with Crippen molar-refractivity contribution in [1.29, 1.82) is 0 Å². The average Bonchev–Trinajstić information content (AvgIpc) is 2.89. The van der Waals surface area contributed by atoms with Gasteiger partial charge in [-0.3, -0.25) is 4.99 Å². The number of hydrogen-bond acceptors (Lipinski definition) is 7. The summed E-state index contributed by atoms with van der Waals surface area (Å²) in [7, 11) is 0. The standard InChI is InChI=1S/C13H24N2O5S/c1-2-3-5-19-6-4-14-13-15-9-11(18)10(17)8(7-16)20-12(9)21-13/h8-12,16-18H,2-7H2,1H3,(H,14,15)/t8-,9-,10-,11-,12-/m1/s1. The van der Waals surface area contributed by atoms with E-state index in [0.717, 1.165) is 19.4 Å². The summed E-state index contributed by atoms with van der Waals surface area (Å²) in [6, 6.07) is -0.410. The van der Waals surface area contributed by atoms with E-state index in [1.807, 2.05) is 0 Å². The van der Waals surface area contributed by atoms with E-state index in [2.05, 4.69) is 17.2 Å². The molecule has 8 heteroatoms. The van der Waals surface area contributed by atoms with E-state index in [0.29, 0.717) is 18.3 Å². The molecule has 0 spiro atoms. The summed E-state index contributed by atoms with van der Waals surface area (Å²) in [5, 5.41) is 32.7. The molecule has 0 radical (unpaired) electrons. The number of rotatable bonds is 7. The molecule has 7 nitrogen and oxygen atoms in total. The van der Waals surface area contributed by atoms with Crippen LogP contribution in [0.3, 0.4) is 0 Å². The highest BCUT2D eigenvalue weighted by Gasteiger charge is 2.48. The third-order valence-corrected chi connectivity index (χ3v) is 4.64. The maximum Gasteiger partial charge on any atom is 0.159 e. The molecule has 0 aromatic carbocycles.